The van der Waals surface area contributed by atoms with Crippen LogP contribution in [0.2, 0.25) is 0 Å². The van der Waals surface area contributed by atoms with Crippen LogP contribution in [0.5, 0.6) is 17.2 Å². The van der Waals surface area contributed by atoms with Crippen molar-refractivity contribution < 1.29 is 23.7 Å². The van der Waals surface area contributed by atoms with Crippen molar-refractivity contribution in [3.63, 3.8) is 0 Å². The Hall–Kier alpha value is -3.85. The number of aryl methyl sites for hydroxylation is 1. The number of carbonyl (C=O) groups excluding carboxylic acids is 1. The van der Waals surface area contributed by atoms with Gasteiger partial charge in [0.15, 0.2) is 4.80 Å². The maximum Gasteiger partial charge on any atom is 0.338 e. The number of nitrogens with zero attached hydrogens (tertiary/aromatic N) is 2. The number of fused-ring (bicyclic) bond motifs is 1. The molecule has 4 rings (SSSR count). The summed E-state index contributed by atoms with van der Waals surface area (Å²) in [5.41, 5.74) is 2.89. The second-order valence-electron chi connectivity index (χ2n) is 8.14. The van der Waals surface area contributed by atoms with Gasteiger partial charge in [-0.25, -0.2) is 9.79 Å². The summed E-state index contributed by atoms with van der Waals surface area (Å²) in [5.74, 6) is 1.27. The highest BCUT2D eigenvalue weighted by Gasteiger charge is 2.35. The van der Waals surface area contributed by atoms with Gasteiger partial charge in [-0.15, -0.1) is 0 Å². The SMILES string of the molecule is CCOC(=O)C1=C(C)N=c2sc(=Cc3ccc(C)c(OC)c3)c(=O)n2C1c1cc(OC)ccc1OC. The van der Waals surface area contributed by atoms with E-state index in [1.165, 1.54) is 15.9 Å². The van der Waals surface area contributed by atoms with Crippen LogP contribution in [-0.4, -0.2) is 38.5 Å². The van der Waals surface area contributed by atoms with E-state index in [0.29, 0.717) is 32.1 Å². The van der Waals surface area contributed by atoms with Crippen LogP contribution in [0, 0.1) is 6.92 Å². The van der Waals surface area contributed by atoms with E-state index in [-0.39, 0.29) is 17.7 Å². The minimum absolute atomic E-state index is 0.192. The zero-order valence-electron chi connectivity index (χ0n) is 21.1. The normalized spacial score (nSPS) is 15.3. The molecule has 8 nitrogen and oxygen atoms in total. The number of allylic oxidation sites excluding steroid dienone is 1. The first-order valence-electron chi connectivity index (χ1n) is 11.4. The number of carbonyl (C=O) groups is 1. The third kappa shape index (κ3) is 4.54. The van der Waals surface area contributed by atoms with Crippen LogP contribution in [0.15, 0.2) is 57.5 Å². The number of hydrogen-bond donors (Lipinski definition) is 0. The summed E-state index contributed by atoms with van der Waals surface area (Å²) in [7, 11) is 4.71. The molecule has 1 aliphatic rings. The van der Waals surface area contributed by atoms with E-state index in [1.807, 2.05) is 25.1 Å². The molecule has 0 radical (unpaired) electrons. The summed E-state index contributed by atoms with van der Waals surface area (Å²) in [5, 5.41) is 0. The van der Waals surface area contributed by atoms with E-state index in [1.54, 1.807) is 59.5 Å². The Balaban J connectivity index is 2.00. The molecular weight excluding hydrogens is 480 g/mol. The van der Waals surface area contributed by atoms with Crippen molar-refractivity contribution in [1.29, 1.82) is 0 Å². The molecule has 0 fully saturated rings. The highest BCUT2D eigenvalue weighted by Crippen LogP contribution is 2.37. The average Bonchev–Trinajstić information content (AvgIpc) is 3.18. The Labute approximate surface area is 212 Å². The lowest BCUT2D eigenvalue weighted by molar-refractivity contribution is -0.139. The number of thiazole rings is 1. The monoisotopic (exact) mass is 508 g/mol. The van der Waals surface area contributed by atoms with Crippen molar-refractivity contribution in [2.45, 2.75) is 26.8 Å². The molecule has 36 heavy (non-hydrogen) atoms. The first-order chi connectivity index (χ1) is 17.3. The third-order valence-electron chi connectivity index (χ3n) is 5.98. The van der Waals surface area contributed by atoms with Crippen molar-refractivity contribution in [3.05, 3.63) is 84.0 Å². The van der Waals surface area contributed by atoms with Gasteiger partial charge in [0.2, 0.25) is 0 Å². The Bertz CT molecular complexity index is 1530. The number of ether oxygens (including phenoxy) is 4. The zero-order chi connectivity index (χ0) is 26.0. The fourth-order valence-electron chi connectivity index (χ4n) is 4.22. The van der Waals surface area contributed by atoms with E-state index in [0.717, 1.165) is 16.9 Å². The molecule has 0 spiro atoms. The van der Waals surface area contributed by atoms with Crippen molar-refractivity contribution in [1.82, 2.24) is 4.57 Å². The van der Waals surface area contributed by atoms with Crippen LogP contribution in [0.4, 0.5) is 0 Å². The number of rotatable bonds is 7. The molecule has 188 valence electrons. The Morgan fingerprint density at radius 2 is 1.81 bits per heavy atom. The summed E-state index contributed by atoms with van der Waals surface area (Å²) in [6.45, 7) is 5.63. The number of esters is 1. The number of aromatic nitrogens is 1. The highest BCUT2D eigenvalue weighted by molar-refractivity contribution is 7.07. The molecule has 1 aliphatic heterocycles. The summed E-state index contributed by atoms with van der Waals surface area (Å²) in [4.78, 5) is 32.0. The largest absolute Gasteiger partial charge is 0.497 e. The molecule has 0 bridgehead atoms. The van der Waals surface area contributed by atoms with Crippen LogP contribution in [0.3, 0.4) is 0 Å². The molecular formula is C27H28N2O6S. The van der Waals surface area contributed by atoms with Crippen molar-refractivity contribution in [2.24, 2.45) is 4.99 Å². The molecule has 1 unspecified atom stereocenters. The number of benzene rings is 2. The predicted molar refractivity (Wildman–Crippen MR) is 138 cm³/mol. The van der Waals surface area contributed by atoms with Gasteiger partial charge < -0.3 is 18.9 Å². The number of hydrogen-bond acceptors (Lipinski definition) is 8. The van der Waals surface area contributed by atoms with Gasteiger partial charge in [-0.2, -0.15) is 0 Å². The van der Waals surface area contributed by atoms with E-state index in [4.69, 9.17) is 18.9 Å². The van der Waals surface area contributed by atoms with E-state index in [2.05, 4.69) is 4.99 Å². The lowest BCUT2D eigenvalue weighted by atomic mass is 9.94. The van der Waals surface area contributed by atoms with Gasteiger partial charge in [0, 0.05) is 5.56 Å². The smallest absolute Gasteiger partial charge is 0.338 e. The molecule has 9 heteroatoms. The van der Waals surface area contributed by atoms with Gasteiger partial charge in [-0.1, -0.05) is 23.5 Å². The Morgan fingerprint density at radius 1 is 1.06 bits per heavy atom. The second kappa shape index (κ2) is 10.4. The van der Waals surface area contributed by atoms with Gasteiger partial charge in [0.05, 0.1) is 43.7 Å². The second-order valence-corrected chi connectivity index (χ2v) is 9.15. The topological polar surface area (TPSA) is 88.4 Å². The van der Waals surface area contributed by atoms with Crippen LogP contribution < -0.4 is 29.1 Å². The predicted octanol–water partition coefficient (Wildman–Crippen LogP) is 3.13. The molecule has 1 aromatic heterocycles. The molecule has 0 N–H and O–H groups in total. The third-order valence-corrected chi connectivity index (χ3v) is 6.96. The Kier molecular flexibility index (Phi) is 7.30. The highest BCUT2D eigenvalue weighted by atomic mass is 32.1. The van der Waals surface area contributed by atoms with Crippen molar-refractivity contribution in [3.8, 4) is 17.2 Å². The van der Waals surface area contributed by atoms with Gasteiger partial charge in [0.1, 0.15) is 23.3 Å². The van der Waals surface area contributed by atoms with Gasteiger partial charge >= 0.3 is 5.97 Å². The van der Waals surface area contributed by atoms with Gasteiger partial charge in [-0.05, 0) is 62.2 Å². The van der Waals surface area contributed by atoms with Crippen LogP contribution in [-0.2, 0) is 9.53 Å². The molecule has 0 saturated carbocycles. The molecule has 3 aromatic rings. The summed E-state index contributed by atoms with van der Waals surface area (Å²) >= 11 is 1.26. The van der Waals surface area contributed by atoms with Crippen molar-refractivity contribution in [2.75, 3.05) is 27.9 Å². The fourth-order valence-corrected chi connectivity index (χ4v) is 5.26. The van der Waals surface area contributed by atoms with Crippen LogP contribution in [0.1, 0.15) is 36.6 Å². The summed E-state index contributed by atoms with van der Waals surface area (Å²) in [6, 6.07) is 10.2. The lowest BCUT2D eigenvalue weighted by Gasteiger charge is -2.26. The molecule has 0 amide bonds. The quantitative estimate of drug-likeness (QED) is 0.456. The molecule has 0 aliphatic carbocycles. The lowest BCUT2D eigenvalue weighted by Crippen LogP contribution is -2.40. The summed E-state index contributed by atoms with van der Waals surface area (Å²) in [6.07, 6.45) is 1.80. The number of methoxy groups -OCH3 is 3. The van der Waals surface area contributed by atoms with Gasteiger partial charge in [0.25, 0.3) is 5.56 Å². The minimum atomic E-state index is -0.806. The van der Waals surface area contributed by atoms with Crippen molar-refractivity contribution >= 4 is 23.4 Å². The van der Waals surface area contributed by atoms with Crippen LogP contribution in [0.25, 0.3) is 6.08 Å². The van der Waals surface area contributed by atoms with E-state index < -0.39 is 12.0 Å². The maximum atomic E-state index is 13.8. The Morgan fingerprint density at radius 3 is 2.47 bits per heavy atom. The van der Waals surface area contributed by atoms with Gasteiger partial charge in [-0.3, -0.25) is 9.36 Å². The first kappa shape index (κ1) is 25.2. The maximum absolute atomic E-state index is 13.8. The first-order valence-corrected chi connectivity index (χ1v) is 12.2. The zero-order valence-corrected chi connectivity index (χ0v) is 21.9. The van der Waals surface area contributed by atoms with Crippen LogP contribution >= 0.6 is 11.3 Å². The minimum Gasteiger partial charge on any atom is -0.497 e. The molecule has 2 aromatic carbocycles. The van der Waals surface area contributed by atoms with E-state index in [9.17, 15) is 9.59 Å². The standard InChI is InChI=1S/C27H28N2O6S/c1-7-35-26(31)23-16(3)28-27-29(24(23)19-14-18(32-4)10-11-20(19)33-5)25(30)22(36-27)13-17-9-8-15(2)21(12-17)34-6/h8-14,24H,7H2,1-6H3. The fraction of sp³-hybridized carbons (Fsp3) is 0.296. The van der Waals surface area contributed by atoms with E-state index >= 15 is 0 Å². The summed E-state index contributed by atoms with van der Waals surface area (Å²) < 4.78 is 23.9. The molecule has 1 atom stereocenters. The molecule has 0 saturated heterocycles. The molecule has 2 heterocycles. The average molecular weight is 509 g/mol.